The second-order valence-corrected chi connectivity index (χ2v) is 7.33. The quantitative estimate of drug-likeness (QED) is 0.356. The highest BCUT2D eigenvalue weighted by Gasteiger charge is 2.18. The molecular formula is C20H20N4O3S. The van der Waals surface area contributed by atoms with Crippen LogP contribution in [0.3, 0.4) is 0 Å². The van der Waals surface area contributed by atoms with Crippen LogP contribution in [0.2, 0.25) is 0 Å². The van der Waals surface area contributed by atoms with E-state index in [0.717, 1.165) is 11.5 Å². The summed E-state index contributed by atoms with van der Waals surface area (Å²) in [5.74, 6) is 1.31. The van der Waals surface area contributed by atoms with Gasteiger partial charge in [0.25, 0.3) is 11.6 Å². The van der Waals surface area contributed by atoms with Gasteiger partial charge < -0.3 is 9.88 Å². The molecule has 0 saturated heterocycles. The number of nitro benzene ring substituents is 1. The zero-order chi connectivity index (χ0) is 19.9. The van der Waals surface area contributed by atoms with Crippen LogP contribution in [-0.4, -0.2) is 32.7 Å². The third-order valence-corrected chi connectivity index (χ3v) is 5.17. The fourth-order valence-corrected chi connectivity index (χ4v) is 3.46. The first-order valence-corrected chi connectivity index (χ1v) is 9.88. The van der Waals surface area contributed by atoms with E-state index in [1.165, 1.54) is 23.5 Å². The zero-order valence-corrected chi connectivity index (χ0v) is 16.2. The Morgan fingerprint density at radius 1 is 1.25 bits per heavy atom. The molecule has 144 valence electrons. The number of carbonyl (C=O) groups is 1. The first-order chi connectivity index (χ1) is 13.5. The number of thioether (sulfide) groups is 1. The van der Waals surface area contributed by atoms with Crippen molar-refractivity contribution in [1.82, 2.24) is 14.9 Å². The molecule has 0 fully saturated rings. The topological polar surface area (TPSA) is 90.1 Å². The largest absolute Gasteiger partial charge is 0.351 e. The molecule has 0 aliphatic rings. The molecule has 1 amide bonds. The van der Waals surface area contributed by atoms with E-state index in [0.29, 0.717) is 12.2 Å². The zero-order valence-electron chi connectivity index (χ0n) is 15.4. The van der Waals surface area contributed by atoms with Gasteiger partial charge in [-0.2, -0.15) is 11.8 Å². The molecule has 28 heavy (non-hydrogen) atoms. The highest BCUT2D eigenvalue weighted by molar-refractivity contribution is 7.98. The van der Waals surface area contributed by atoms with Crippen molar-refractivity contribution in [2.45, 2.75) is 12.7 Å². The Balaban J connectivity index is 1.54. The van der Waals surface area contributed by atoms with E-state index in [9.17, 15) is 14.9 Å². The number of nitrogens with zero attached hydrogens (tertiary/aromatic N) is 3. The van der Waals surface area contributed by atoms with Crippen molar-refractivity contribution < 1.29 is 9.72 Å². The lowest BCUT2D eigenvalue weighted by molar-refractivity contribution is -0.384. The normalized spacial score (nSPS) is 10.6. The number of nitrogens with one attached hydrogen (secondary N) is 1. The number of benzene rings is 2. The summed E-state index contributed by atoms with van der Waals surface area (Å²) in [6.07, 6.45) is 4.64. The van der Waals surface area contributed by atoms with Gasteiger partial charge in [0.15, 0.2) is 0 Å². The molecule has 1 aromatic heterocycles. The molecule has 1 N–H and O–H groups in total. The molecule has 0 atom stereocenters. The Labute approximate surface area is 166 Å². The highest BCUT2D eigenvalue weighted by Crippen LogP contribution is 2.24. The fraction of sp³-hybridized carbons (Fsp3) is 0.200. The maximum Gasteiger partial charge on any atom is 0.294 e. The van der Waals surface area contributed by atoms with E-state index in [1.807, 2.05) is 0 Å². The molecule has 0 bridgehead atoms. The monoisotopic (exact) mass is 396 g/mol. The third kappa shape index (κ3) is 4.98. The molecular weight excluding hydrogens is 376 g/mol. The molecule has 1 heterocycles. The molecule has 0 aliphatic carbocycles. The van der Waals surface area contributed by atoms with E-state index in [1.54, 1.807) is 40.9 Å². The maximum atomic E-state index is 12.3. The van der Waals surface area contributed by atoms with Crippen molar-refractivity contribution in [1.29, 1.82) is 0 Å². The Hall–Kier alpha value is -3.13. The third-order valence-electron chi connectivity index (χ3n) is 4.14. The molecule has 2 aromatic carbocycles. The minimum absolute atomic E-state index is 0.139. The van der Waals surface area contributed by atoms with Gasteiger partial charge in [-0.05, 0) is 24.6 Å². The number of imidazole rings is 1. The van der Waals surface area contributed by atoms with Gasteiger partial charge in [-0.25, -0.2) is 4.98 Å². The second kappa shape index (κ2) is 9.18. The summed E-state index contributed by atoms with van der Waals surface area (Å²) in [4.78, 5) is 27.1. The van der Waals surface area contributed by atoms with Gasteiger partial charge in [-0.1, -0.05) is 29.8 Å². The van der Waals surface area contributed by atoms with E-state index in [4.69, 9.17) is 0 Å². The van der Waals surface area contributed by atoms with Crippen molar-refractivity contribution in [3.8, 4) is 5.69 Å². The molecule has 3 rings (SSSR count). The smallest absolute Gasteiger partial charge is 0.294 e. The number of aryl methyl sites for hydroxylation is 1. The average Bonchev–Trinajstić information content (AvgIpc) is 3.23. The molecule has 0 aliphatic heterocycles. The Morgan fingerprint density at radius 2 is 2.04 bits per heavy atom. The van der Waals surface area contributed by atoms with Crippen molar-refractivity contribution in [2.24, 2.45) is 0 Å². The van der Waals surface area contributed by atoms with Gasteiger partial charge in [-0.15, -0.1) is 0 Å². The van der Waals surface area contributed by atoms with Crippen LogP contribution in [0, 0.1) is 17.0 Å². The standard InChI is InChI=1S/C20H20N4O3S/c1-15-2-4-16(5-3-15)13-28-11-9-22-20(25)17-6-7-18(19(12-17)24(26)27)23-10-8-21-14-23/h2-8,10,12,14H,9,11,13H2,1H3,(H,22,25). The number of rotatable bonds is 8. The van der Waals surface area contributed by atoms with Gasteiger partial charge in [0, 0.05) is 42.1 Å². The molecule has 3 aromatic rings. The molecule has 0 radical (unpaired) electrons. The van der Waals surface area contributed by atoms with E-state index < -0.39 is 4.92 Å². The molecule has 0 saturated carbocycles. The molecule has 0 spiro atoms. The number of amides is 1. The van der Waals surface area contributed by atoms with Gasteiger partial charge in [0.2, 0.25) is 0 Å². The van der Waals surface area contributed by atoms with Gasteiger partial charge in [-0.3, -0.25) is 14.9 Å². The van der Waals surface area contributed by atoms with Crippen LogP contribution in [0.4, 0.5) is 5.69 Å². The summed E-state index contributed by atoms with van der Waals surface area (Å²) in [6.45, 7) is 2.55. The summed E-state index contributed by atoms with van der Waals surface area (Å²) in [6, 6.07) is 12.8. The first-order valence-electron chi connectivity index (χ1n) is 8.73. The Kier molecular flexibility index (Phi) is 6.44. The lowest BCUT2D eigenvalue weighted by atomic mass is 10.1. The maximum absolute atomic E-state index is 12.3. The van der Waals surface area contributed by atoms with Crippen LogP contribution in [0.15, 0.2) is 61.2 Å². The van der Waals surface area contributed by atoms with E-state index >= 15 is 0 Å². The van der Waals surface area contributed by atoms with E-state index in [-0.39, 0.29) is 17.2 Å². The van der Waals surface area contributed by atoms with Crippen LogP contribution in [0.25, 0.3) is 5.69 Å². The molecule has 8 heteroatoms. The van der Waals surface area contributed by atoms with Crippen molar-refractivity contribution in [3.63, 3.8) is 0 Å². The van der Waals surface area contributed by atoms with Crippen molar-refractivity contribution in [2.75, 3.05) is 12.3 Å². The summed E-state index contributed by atoms with van der Waals surface area (Å²) in [5.41, 5.74) is 2.97. The van der Waals surface area contributed by atoms with Crippen LogP contribution >= 0.6 is 11.8 Å². The fourth-order valence-electron chi connectivity index (χ4n) is 2.64. The average molecular weight is 396 g/mol. The Bertz CT molecular complexity index is 956. The summed E-state index contributed by atoms with van der Waals surface area (Å²) in [7, 11) is 0. The predicted octanol–water partition coefficient (Wildman–Crippen LogP) is 3.75. The number of aromatic nitrogens is 2. The summed E-state index contributed by atoms with van der Waals surface area (Å²) >= 11 is 1.72. The van der Waals surface area contributed by atoms with Crippen LogP contribution in [0.1, 0.15) is 21.5 Å². The molecule has 0 unspecified atom stereocenters. The predicted molar refractivity (Wildman–Crippen MR) is 110 cm³/mol. The highest BCUT2D eigenvalue weighted by atomic mass is 32.2. The summed E-state index contributed by atoms with van der Waals surface area (Å²) < 4.78 is 1.54. The number of nitro groups is 1. The van der Waals surface area contributed by atoms with E-state index in [2.05, 4.69) is 41.5 Å². The SMILES string of the molecule is Cc1ccc(CSCCNC(=O)c2ccc(-n3ccnc3)c([N+](=O)[O-])c2)cc1. The van der Waals surface area contributed by atoms with Gasteiger partial charge in [0.1, 0.15) is 5.69 Å². The lowest BCUT2D eigenvalue weighted by Gasteiger charge is -2.08. The number of carbonyl (C=O) groups excluding carboxylic acids is 1. The van der Waals surface area contributed by atoms with Crippen LogP contribution in [-0.2, 0) is 5.75 Å². The first kappa shape index (κ1) is 19.6. The van der Waals surface area contributed by atoms with Crippen LogP contribution < -0.4 is 5.32 Å². The van der Waals surface area contributed by atoms with Gasteiger partial charge >= 0.3 is 0 Å². The van der Waals surface area contributed by atoms with Gasteiger partial charge in [0.05, 0.1) is 11.3 Å². The van der Waals surface area contributed by atoms with Crippen LogP contribution in [0.5, 0.6) is 0 Å². The minimum atomic E-state index is -0.496. The second-order valence-electron chi connectivity index (χ2n) is 6.22. The summed E-state index contributed by atoms with van der Waals surface area (Å²) in [5, 5.41) is 14.2. The number of hydrogen-bond acceptors (Lipinski definition) is 5. The minimum Gasteiger partial charge on any atom is -0.351 e. The van der Waals surface area contributed by atoms with Crippen molar-refractivity contribution in [3.05, 3.63) is 88.0 Å². The number of hydrogen-bond donors (Lipinski definition) is 1. The lowest BCUT2D eigenvalue weighted by Crippen LogP contribution is -2.25. The van der Waals surface area contributed by atoms with Crippen molar-refractivity contribution >= 4 is 23.4 Å². The Morgan fingerprint density at radius 3 is 2.71 bits per heavy atom. The molecule has 7 nitrogen and oxygen atoms in total.